The van der Waals surface area contributed by atoms with Crippen LogP contribution in [0.3, 0.4) is 0 Å². The van der Waals surface area contributed by atoms with Gasteiger partial charge in [0.1, 0.15) is 5.88 Å². The number of carbonyl (C=O) groups excluding carboxylic acids is 1. The van der Waals surface area contributed by atoms with E-state index in [0.29, 0.717) is 0 Å². The van der Waals surface area contributed by atoms with Crippen LogP contribution in [0.15, 0.2) is 0 Å². The molecule has 0 bridgehead atoms. The number of nitrogens with zero attached hydrogens (tertiary/aromatic N) is 1. The predicted octanol–water partition coefficient (Wildman–Crippen LogP) is 1.12. The van der Waals surface area contributed by atoms with Gasteiger partial charge in [-0.3, -0.25) is 4.79 Å². The molecule has 0 saturated carbocycles. The third kappa shape index (κ3) is 3.97. The van der Waals surface area contributed by atoms with Gasteiger partial charge in [-0.2, -0.15) is 0 Å². The van der Waals surface area contributed by atoms with Crippen molar-refractivity contribution in [2.75, 3.05) is 23.9 Å². The number of hydrogen-bond acceptors (Lipinski definition) is 1. The molecule has 4 heteroatoms. The van der Waals surface area contributed by atoms with Gasteiger partial charge < -0.3 is 4.90 Å². The summed E-state index contributed by atoms with van der Waals surface area (Å²) in [6.45, 7) is 0.784. The summed E-state index contributed by atoms with van der Waals surface area (Å²) in [4.78, 5) is 12.3. The Kier molecular flexibility index (Phi) is 5.58. The summed E-state index contributed by atoms with van der Waals surface area (Å²) in [7, 11) is 1.75. The van der Waals surface area contributed by atoms with E-state index >= 15 is 0 Å². The van der Waals surface area contributed by atoms with Crippen molar-refractivity contribution in [1.82, 2.24) is 4.90 Å². The molecule has 0 saturated heterocycles. The average Bonchev–Trinajstić information content (AvgIpc) is 1.87. The normalized spacial score (nSPS) is 9.22. The van der Waals surface area contributed by atoms with E-state index in [1.54, 1.807) is 11.9 Å². The number of carbonyl (C=O) groups is 1. The van der Waals surface area contributed by atoms with E-state index in [4.69, 9.17) is 11.6 Å². The third-order valence-corrected chi connectivity index (χ3v) is 1.67. The van der Waals surface area contributed by atoms with Crippen molar-refractivity contribution in [2.45, 2.75) is 0 Å². The van der Waals surface area contributed by atoms with Crippen LogP contribution in [0.1, 0.15) is 0 Å². The van der Waals surface area contributed by atoms with Gasteiger partial charge in [-0.15, -0.1) is 11.6 Å². The highest BCUT2D eigenvalue weighted by Gasteiger charge is 2.03. The summed E-state index contributed by atoms with van der Waals surface area (Å²) in [6.07, 6.45) is 0. The standard InChI is InChI=1S/C5H9ClINO/c1-8(3-2-7)5(9)4-6/h2-4H2,1H3. The molecule has 0 aromatic heterocycles. The number of halogens is 2. The van der Waals surface area contributed by atoms with E-state index in [9.17, 15) is 4.79 Å². The number of hydrogen-bond donors (Lipinski definition) is 0. The van der Waals surface area contributed by atoms with E-state index in [1.807, 2.05) is 0 Å². The lowest BCUT2D eigenvalue weighted by atomic mass is 10.5. The van der Waals surface area contributed by atoms with Crippen LogP contribution in [0.5, 0.6) is 0 Å². The van der Waals surface area contributed by atoms with Crippen molar-refractivity contribution in [3.05, 3.63) is 0 Å². The molecule has 0 aliphatic carbocycles. The van der Waals surface area contributed by atoms with Crippen LogP contribution in [-0.4, -0.2) is 34.7 Å². The molecule has 0 aromatic carbocycles. The molecule has 0 aliphatic rings. The monoisotopic (exact) mass is 261 g/mol. The van der Waals surface area contributed by atoms with E-state index in [2.05, 4.69) is 22.6 Å². The second-order valence-electron chi connectivity index (χ2n) is 1.64. The lowest BCUT2D eigenvalue weighted by Crippen LogP contribution is -2.29. The molecule has 0 aromatic rings. The van der Waals surface area contributed by atoms with Gasteiger partial charge in [-0.25, -0.2) is 0 Å². The Labute approximate surface area is 73.7 Å². The van der Waals surface area contributed by atoms with Crippen LogP contribution in [0, 0.1) is 0 Å². The Balaban J connectivity index is 3.45. The first-order valence-electron chi connectivity index (χ1n) is 2.58. The zero-order chi connectivity index (χ0) is 7.28. The van der Waals surface area contributed by atoms with Crippen molar-refractivity contribution in [3.8, 4) is 0 Å². The highest BCUT2D eigenvalue weighted by atomic mass is 127. The molecule has 0 atom stereocenters. The maximum atomic E-state index is 10.7. The zero-order valence-electron chi connectivity index (χ0n) is 5.23. The van der Waals surface area contributed by atoms with Gasteiger partial charge in [0, 0.05) is 18.0 Å². The summed E-state index contributed by atoms with van der Waals surface area (Å²) in [5.74, 6) is 0.0842. The summed E-state index contributed by atoms with van der Waals surface area (Å²) < 4.78 is 0.955. The fraction of sp³-hybridized carbons (Fsp3) is 0.800. The topological polar surface area (TPSA) is 20.3 Å². The summed E-state index contributed by atoms with van der Waals surface area (Å²) in [5, 5.41) is 0. The maximum Gasteiger partial charge on any atom is 0.237 e. The molecule has 0 rings (SSSR count). The Bertz CT molecular complexity index is 99.0. The molecule has 0 heterocycles. The Morgan fingerprint density at radius 1 is 1.78 bits per heavy atom. The Hall–Kier alpha value is 0.490. The highest BCUT2D eigenvalue weighted by Crippen LogP contribution is 1.90. The van der Waals surface area contributed by atoms with Crippen molar-refractivity contribution >= 4 is 40.1 Å². The van der Waals surface area contributed by atoms with Crippen LogP contribution in [-0.2, 0) is 4.79 Å². The Morgan fingerprint density at radius 3 is 2.67 bits per heavy atom. The van der Waals surface area contributed by atoms with Crippen molar-refractivity contribution in [2.24, 2.45) is 0 Å². The van der Waals surface area contributed by atoms with E-state index in [-0.39, 0.29) is 11.8 Å². The fourth-order valence-corrected chi connectivity index (χ4v) is 1.28. The summed E-state index contributed by atoms with van der Waals surface area (Å²) >= 11 is 7.50. The van der Waals surface area contributed by atoms with Gasteiger partial charge in [-0.1, -0.05) is 22.6 Å². The molecule has 1 amide bonds. The fourth-order valence-electron chi connectivity index (χ4n) is 0.353. The van der Waals surface area contributed by atoms with Crippen LogP contribution in [0.2, 0.25) is 0 Å². The highest BCUT2D eigenvalue weighted by molar-refractivity contribution is 14.1. The van der Waals surface area contributed by atoms with Gasteiger partial charge in [0.15, 0.2) is 0 Å². The molecule has 9 heavy (non-hydrogen) atoms. The smallest absolute Gasteiger partial charge is 0.237 e. The number of amides is 1. The van der Waals surface area contributed by atoms with Crippen molar-refractivity contribution in [3.63, 3.8) is 0 Å². The van der Waals surface area contributed by atoms with Crippen LogP contribution in [0.4, 0.5) is 0 Å². The van der Waals surface area contributed by atoms with E-state index < -0.39 is 0 Å². The van der Waals surface area contributed by atoms with Gasteiger partial charge in [-0.05, 0) is 0 Å². The summed E-state index contributed by atoms with van der Waals surface area (Å²) in [6, 6.07) is 0. The summed E-state index contributed by atoms with van der Waals surface area (Å²) in [5.41, 5.74) is 0. The average molecular weight is 261 g/mol. The third-order valence-electron chi connectivity index (χ3n) is 0.960. The quantitative estimate of drug-likeness (QED) is 0.551. The Morgan fingerprint density at radius 2 is 2.33 bits per heavy atom. The zero-order valence-corrected chi connectivity index (χ0v) is 8.15. The van der Waals surface area contributed by atoms with Crippen LogP contribution < -0.4 is 0 Å². The lowest BCUT2D eigenvalue weighted by Gasteiger charge is -2.12. The van der Waals surface area contributed by atoms with Gasteiger partial charge in [0.25, 0.3) is 0 Å². The molecule has 2 nitrogen and oxygen atoms in total. The van der Waals surface area contributed by atoms with Crippen molar-refractivity contribution in [1.29, 1.82) is 0 Å². The van der Waals surface area contributed by atoms with Crippen LogP contribution in [0.25, 0.3) is 0 Å². The first kappa shape index (κ1) is 9.49. The SMILES string of the molecule is CN(CCI)C(=O)CCl. The van der Waals surface area contributed by atoms with Gasteiger partial charge in [0.2, 0.25) is 5.91 Å². The van der Waals surface area contributed by atoms with E-state index in [1.165, 1.54) is 0 Å². The molecule has 0 fully saturated rings. The maximum absolute atomic E-state index is 10.7. The molecule has 54 valence electrons. The largest absolute Gasteiger partial charge is 0.344 e. The molecular weight excluding hydrogens is 252 g/mol. The molecule has 0 radical (unpaired) electrons. The number of rotatable bonds is 3. The van der Waals surface area contributed by atoms with Gasteiger partial charge >= 0.3 is 0 Å². The first-order valence-corrected chi connectivity index (χ1v) is 4.64. The van der Waals surface area contributed by atoms with Gasteiger partial charge in [0.05, 0.1) is 0 Å². The number of alkyl halides is 2. The minimum Gasteiger partial charge on any atom is -0.344 e. The minimum absolute atomic E-state index is 0.00617. The molecular formula is C5H9ClINO. The second kappa shape index (κ2) is 5.29. The van der Waals surface area contributed by atoms with Crippen LogP contribution >= 0.6 is 34.2 Å². The lowest BCUT2D eigenvalue weighted by molar-refractivity contribution is -0.126. The van der Waals surface area contributed by atoms with E-state index in [0.717, 1.165) is 11.0 Å². The second-order valence-corrected chi connectivity index (χ2v) is 2.98. The molecule has 0 N–H and O–H groups in total. The first-order chi connectivity index (χ1) is 4.22. The van der Waals surface area contributed by atoms with Crippen molar-refractivity contribution < 1.29 is 4.79 Å². The molecule has 0 unspecified atom stereocenters. The molecule has 0 aliphatic heterocycles. The predicted molar refractivity (Wildman–Crippen MR) is 47.2 cm³/mol. The minimum atomic E-state index is -0.00617. The molecule has 0 spiro atoms.